The van der Waals surface area contributed by atoms with E-state index in [1.54, 1.807) is 19.2 Å². The molecule has 3 N–H and O–H groups in total. The van der Waals surface area contributed by atoms with Crippen molar-refractivity contribution in [1.82, 2.24) is 14.7 Å². The van der Waals surface area contributed by atoms with Crippen molar-refractivity contribution in [3.63, 3.8) is 0 Å². The Hall–Kier alpha value is -3.73. The standard InChI is InChI=1S/C25H28FN5O4S.2H2/c1-15(2)14-35-19-12-16(11-17(26)13-19)21-10-9-20(24(28-21)31(3)18-7-8-18)25(32)30-36(33,34)23-6-4-5-22(27)29-23;;/h4-6,9-13,15,18H,7-8,14H2,1-3H3,(H2,27,29)(H,30,32);2*1H. The average Bonchev–Trinajstić information content (AvgIpc) is 3.67. The molecule has 0 radical (unpaired) electrons. The molecule has 3 aromatic rings. The summed E-state index contributed by atoms with van der Waals surface area (Å²) in [5.41, 5.74) is 6.55. The van der Waals surface area contributed by atoms with Gasteiger partial charge in [-0.2, -0.15) is 8.42 Å². The Morgan fingerprint density at radius 2 is 1.97 bits per heavy atom. The van der Waals surface area contributed by atoms with Crippen LogP contribution in [0.4, 0.5) is 16.0 Å². The number of nitrogens with two attached hydrogens (primary N) is 1. The molecule has 2 aromatic heterocycles. The van der Waals surface area contributed by atoms with E-state index in [2.05, 4.69) is 9.97 Å². The van der Waals surface area contributed by atoms with Crippen LogP contribution in [0.5, 0.6) is 5.75 Å². The molecule has 0 aliphatic heterocycles. The molecule has 194 valence electrons. The predicted octanol–water partition coefficient (Wildman–Crippen LogP) is 4.11. The minimum Gasteiger partial charge on any atom is -0.493 e. The molecule has 36 heavy (non-hydrogen) atoms. The molecule has 1 amide bonds. The van der Waals surface area contributed by atoms with Crippen molar-refractivity contribution < 1.29 is 25.2 Å². The van der Waals surface area contributed by atoms with E-state index in [1.807, 2.05) is 23.5 Å². The summed E-state index contributed by atoms with van der Waals surface area (Å²) in [4.78, 5) is 23.3. The van der Waals surface area contributed by atoms with E-state index >= 15 is 0 Å². The Labute approximate surface area is 212 Å². The maximum atomic E-state index is 14.4. The molecule has 0 bridgehead atoms. The first-order valence-electron chi connectivity index (χ1n) is 11.5. The molecule has 1 saturated carbocycles. The fourth-order valence-corrected chi connectivity index (χ4v) is 4.50. The molecule has 1 aromatic carbocycles. The second-order valence-corrected chi connectivity index (χ2v) is 10.8. The number of nitrogens with zero attached hydrogens (tertiary/aromatic N) is 3. The van der Waals surface area contributed by atoms with Gasteiger partial charge in [-0.1, -0.05) is 19.9 Å². The van der Waals surface area contributed by atoms with Crippen molar-refractivity contribution in [2.45, 2.75) is 37.8 Å². The Balaban J connectivity index is 0.00000253. The maximum Gasteiger partial charge on any atom is 0.281 e. The van der Waals surface area contributed by atoms with Crippen LogP contribution in [-0.4, -0.2) is 44.0 Å². The van der Waals surface area contributed by atoms with Gasteiger partial charge >= 0.3 is 0 Å². The zero-order valence-electron chi connectivity index (χ0n) is 20.2. The van der Waals surface area contributed by atoms with E-state index in [4.69, 9.17) is 10.5 Å². The summed E-state index contributed by atoms with van der Waals surface area (Å²) in [6, 6.07) is 11.6. The number of amides is 1. The lowest BCUT2D eigenvalue weighted by Gasteiger charge is -2.21. The second kappa shape index (κ2) is 10.1. The van der Waals surface area contributed by atoms with E-state index in [0.29, 0.717) is 23.6 Å². The van der Waals surface area contributed by atoms with Crippen molar-refractivity contribution >= 4 is 27.6 Å². The lowest BCUT2D eigenvalue weighted by atomic mass is 10.1. The molecule has 11 heteroatoms. The van der Waals surface area contributed by atoms with Gasteiger partial charge in [0.1, 0.15) is 23.2 Å². The number of aromatic nitrogens is 2. The van der Waals surface area contributed by atoms with Gasteiger partial charge in [-0.05, 0) is 55.2 Å². The first kappa shape index (κ1) is 25.4. The molecular weight excluding hydrogens is 485 g/mol. The smallest absolute Gasteiger partial charge is 0.281 e. The van der Waals surface area contributed by atoms with E-state index in [0.717, 1.165) is 12.8 Å². The van der Waals surface area contributed by atoms with Gasteiger partial charge in [0.2, 0.25) is 0 Å². The van der Waals surface area contributed by atoms with Crippen LogP contribution in [0.15, 0.2) is 53.6 Å². The van der Waals surface area contributed by atoms with Crippen LogP contribution in [0.25, 0.3) is 11.3 Å². The van der Waals surface area contributed by atoms with Crippen LogP contribution in [0, 0.1) is 11.7 Å². The first-order chi connectivity index (χ1) is 17.0. The van der Waals surface area contributed by atoms with Crippen LogP contribution in [-0.2, 0) is 10.0 Å². The van der Waals surface area contributed by atoms with Gasteiger partial charge < -0.3 is 15.4 Å². The molecular formula is C25H32FN5O4S. The second-order valence-electron chi connectivity index (χ2n) is 9.13. The van der Waals surface area contributed by atoms with Crippen molar-refractivity contribution in [3.05, 3.63) is 59.9 Å². The number of hydrogen-bond donors (Lipinski definition) is 2. The van der Waals surface area contributed by atoms with Gasteiger partial charge in [0.15, 0.2) is 5.03 Å². The van der Waals surface area contributed by atoms with Gasteiger partial charge in [0.05, 0.1) is 17.9 Å². The predicted molar refractivity (Wildman–Crippen MR) is 139 cm³/mol. The summed E-state index contributed by atoms with van der Waals surface area (Å²) in [6.07, 6.45) is 1.84. The van der Waals surface area contributed by atoms with Gasteiger partial charge in [-0.25, -0.2) is 19.1 Å². The Morgan fingerprint density at radius 3 is 2.64 bits per heavy atom. The molecule has 0 saturated heterocycles. The largest absolute Gasteiger partial charge is 0.493 e. The Bertz CT molecular complexity index is 1400. The molecule has 1 aliphatic rings. The average molecular weight is 518 g/mol. The van der Waals surface area contributed by atoms with E-state index in [9.17, 15) is 17.6 Å². The fourth-order valence-electron chi connectivity index (χ4n) is 3.56. The minimum absolute atomic E-state index is 0. The van der Waals surface area contributed by atoms with Gasteiger partial charge in [-0.3, -0.25) is 4.79 Å². The van der Waals surface area contributed by atoms with Crippen LogP contribution >= 0.6 is 0 Å². The monoisotopic (exact) mass is 517 g/mol. The molecule has 1 aliphatic carbocycles. The SMILES string of the molecule is CC(C)COc1cc(F)cc(-c2ccc(C(=O)NS(=O)(=O)c3cccc(N)n3)c(N(C)C3CC3)n2)c1.[HH].[HH]. The lowest BCUT2D eigenvalue weighted by Crippen LogP contribution is -2.33. The van der Waals surface area contributed by atoms with E-state index in [-0.39, 0.29) is 37.0 Å². The third-order valence-electron chi connectivity index (χ3n) is 5.55. The van der Waals surface area contributed by atoms with Crippen LogP contribution in [0.1, 0.15) is 39.9 Å². The zero-order valence-corrected chi connectivity index (χ0v) is 21.0. The molecule has 4 rings (SSSR count). The number of carbonyl (C=O) groups is 1. The molecule has 0 atom stereocenters. The summed E-state index contributed by atoms with van der Waals surface area (Å²) in [5.74, 6) is -0.395. The number of sulfonamides is 1. The zero-order chi connectivity index (χ0) is 26.0. The number of ether oxygens (including phenoxy) is 1. The molecule has 0 spiro atoms. The van der Waals surface area contributed by atoms with Crippen molar-refractivity contribution in [1.29, 1.82) is 0 Å². The molecule has 1 fully saturated rings. The van der Waals surface area contributed by atoms with E-state index in [1.165, 1.54) is 36.4 Å². The van der Waals surface area contributed by atoms with Gasteiger partial charge in [0.25, 0.3) is 15.9 Å². The summed E-state index contributed by atoms with van der Waals surface area (Å²) in [5, 5.41) is -0.369. The minimum atomic E-state index is -4.27. The fraction of sp³-hybridized carbons (Fsp3) is 0.320. The number of nitrogen functional groups attached to an aromatic ring is 1. The highest BCUT2D eigenvalue weighted by molar-refractivity contribution is 7.90. The highest BCUT2D eigenvalue weighted by atomic mass is 32.2. The lowest BCUT2D eigenvalue weighted by molar-refractivity contribution is 0.0981. The van der Waals surface area contributed by atoms with Gasteiger partial charge in [-0.15, -0.1) is 0 Å². The molecule has 2 heterocycles. The highest BCUT2D eigenvalue weighted by Crippen LogP contribution is 2.33. The topological polar surface area (TPSA) is 128 Å². The third-order valence-corrected chi connectivity index (χ3v) is 6.78. The van der Waals surface area contributed by atoms with Crippen molar-refractivity contribution in [3.8, 4) is 17.0 Å². The quantitative estimate of drug-likeness (QED) is 0.434. The summed E-state index contributed by atoms with van der Waals surface area (Å²) < 4.78 is 47.5. The summed E-state index contributed by atoms with van der Waals surface area (Å²) in [6.45, 7) is 4.42. The Kier molecular flexibility index (Phi) is 7.11. The number of hydrogen-bond acceptors (Lipinski definition) is 8. The van der Waals surface area contributed by atoms with Crippen LogP contribution in [0.2, 0.25) is 0 Å². The number of halogens is 1. The number of pyridine rings is 2. The number of rotatable bonds is 9. The molecule has 9 nitrogen and oxygen atoms in total. The number of anilines is 2. The first-order valence-corrected chi connectivity index (χ1v) is 13.0. The third kappa shape index (κ3) is 5.91. The number of nitrogens with one attached hydrogen (secondary N) is 1. The molecule has 0 unspecified atom stereocenters. The number of carbonyl (C=O) groups excluding carboxylic acids is 1. The Morgan fingerprint density at radius 1 is 1.22 bits per heavy atom. The van der Waals surface area contributed by atoms with Crippen molar-refractivity contribution in [2.75, 3.05) is 24.3 Å². The summed E-state index contributed by atoms with van der Waals surface area (Å²) in [7, 11) is -2.48. The van der Waals surface area contributed by atoms with Crippen molar-refractivity contribution in [2.24, 2.45) is 5.92 Å². The van der Waals surface area contributed by atoms with Gasteiger partial charge in [0, 0.05) is 27.6 Å². The summed E-state index contributed by atoms with van der Waals surface area (Å²) >= 11 is 0. The highest BCUT2D eigenvalue weighted by Gasteiger charge is 2.31. The normalized spacial score (nSPS) is 13.5. The van der Waals surface area contributed by atoms with Crippen LogP contribution in [0.3, 0.4) is 0 Å². The van der Waals surface area contributed by atoms with E-state index < -0.39 is 21.7 Å². The number of benzene rings is 1. The maximum absolute atomic E-state index is 14.4. The van der Waals surface area contributed by atoms with Crippen LogP contribution < -0.4 is 20.1 Å².